The van der Waals surface area contributed by atoms with Gasteiger partial charge < -0.3 is 4.74 Å². The van der Waals surface area contributed by atoms with E-state index in [4.69, 9.17) is 14.8 Å². The highest BCUT2D eigenvalue weighted by Crippen LogP contribution is 2.42. The molecule has 1 atom stereocenters. The average Bonchev–Trinajstić information content (AvgIpc) is 3.66. The molecule has 1 aromatic rings. The number of rotatable bonds is 8. The first-order chi connectivity index (χ1) is 14.5. The van der Waals surface area contributed by atoms with Crippen LogP contribution in [-0.2, 0) is 0 Å². The minimum Gasteiger partial charge on any atom is -0.496 e. The number of nitrogens with zero attached hydrogens (tertiary/aromatic N) is 4. The molecule has 0 N–H and O–H groups in total. The summed E-state index contributed by atoms with van der Waals surface area (Å²) in [5.74, 6) is 3.64. The first-order valence-corrected chi connectivity index (χ1v) is 11.6. The standard InChI is InChI=1S/C25H34N4O/c1-5-25(28(14-19-6-7-19)15-20-8-9-20)16-29-24(27-25)21(10-11-26-29)23-18(3)12-17(2)13-22(23)30-4/h10-13,19-20H,5-9,14-16H2,1-4H3. The Morgan fingerprint density at radius 1 is 1.13 bits per heavy atom. The van der Waals surface area contributed by atoms with Gasteiger partial charge in [-0.05, 0) is 81.1 Å². The zero-order valence-corrected chi connectivity index (χ0v) is 18.8. The van der Waals surface area contributed by atoms with Gasteiger partial charge in [-0.3, -0.25) is 4.90 Å². The lowest BCUT2D eigenvalue weighted by atomic mass is 9.95. The third kappa shape index (κ3) is 3.58. The van der Waals surface area contributed by atoms with E-state index in [0.29, 0.717) is 0 Å². The number of aliphatic imine (C=N–C) groups is 1. The van der Waals surface area contributed by atoms with Gasteiger partial charge in [0.15, 0.2) is 5.84 Å². The summed E-state index contributed by atoms with van der Waals surface area (Å²) in [4.78, 5) is 8.16. The van der Waals surface area contributed by atoms with Gasteiger partial charge in [0, 0.05) is 30.4 Å². The SMILES string of the molecule is CCC1(N(CC2CC2)CC2CC2)CN2N=CC=C(c3c(C)cc(C)cc3OC)C2=N1. The summed E-state index contributed by atoms with van der Waals surface area (Å²) in [7, 11) is 1.76. The number of hydrazone groups is 1. The Hall–Kier alpha value is -2.14. The van der Waals surface area contributed by atoms with E-state index < -0.39 is 0 Å². The molecule has 1 aromatic carbocycles. The minimum absolute atomic E-state index is 0.173. The predicted octanol–water partition coefficient (Wildman–Crippen LogP) is 4.64. The van der Waals surface area contributed by atoms with Crippen LogP contribution in [0.15, 0.2) is 28.3 Å². The molecule has 2 fully saturated rings. The number of allylic oxidation sites excluding steroid dienone is 1. The number of aryl methyl sites for hydroxylation is 2. The van der Waals surface area contributed by atoms with Crippen molar-refractivity contribution in [3.05, 3.63) is 34.9 Å². The van der Waals surface area contributed by atoms with Crippen molar-refractivity contribution in [1.82, 2.24) is 9.91 Å². The van der Waals surface area contributed by atoms with Crippen molar-refractivity contribution in [3.63, 3.8) is 0 Å². The van der Waals surface area contributed by atoms with Crippen LogP contribution in [0.25, 0.3) is 5.57 Å². The molecule has 30 heavy (non-hydrogen) atoms. The highest BCUT2D eigenvalue weighted by atomic mass is 16.5. The van der Waals surface area contributed by atoms with E-state index in [9.17, 15) is 0 Å². The summed E-state index contributed by atoms with van der Waals surface area (Å²) in [5, 5.41) is 6.85. The molecule has 5 heteroatoms. The Labute approximate surface area is 180 Å². The largest absolute Gasteiger partial charge is 0.496 e. The zero-order chi connectivity index (χ0) is 20.9. The Balaban J connectivity index is 1.54. The number of hydrogen-bond donors (Lipinski definition) is 0. The van der Waals surface area contributed by atoms with E-state index in [-0.39, 0.29) is 5.66 Å². The van der Waals surface area contributed by atoms with Gasteiger partial charge in [0.1, 0.15) is 11.4 Å². The van der Waals surface area contributed by atoms with Crippen LogP contribution in [0, 0.1) is 25.7 Å². The number of methoxy groups -OCH3 is 1. The van der Waals surface area contributed by atoms with Crippen molar-refractivity contribution in [2.75, 3.05) is 26.7 Å². The zero-order valence-electron chi connectivity index (χ0n) is 18.8. The van der Waals surface area contributed by atoms with Crippen LogP contribution in [0.1, 0.15) is 55.7 Å². The Morgan fingerprint density at radius 3 is 2.43 bits per heavy atom. The van der Waals surface area contributed by atoms with Crippen molar-refractivity contribution in [3.8, 4) is 5.75 Å². The van der Waals surface area contributed by atoms with Crippen LogP contribution in [0.3, 0.4) is 0 Å². The molecule has 0 bridgehead atoms. The molecular weight excluding hydrogens is 372 g/mol. The van der Waals surface area contributed by atoms with Gasteiger partial charge in [-0.15, -0.1) is 0 Å². The van der Waals surface area contributed by atoms with Crippen LogP contribution < -0.4 is 4.74 Å². The lowest BCUT2D eigenvalue weighted by molar-refractivity contribution is 0.0738. The van der Waals surface area contributed by atoms with E-state index in [1.165, 1.54) is 49.9 Å². The van der Waals surface area contributed by atoms with Gasteiger partial charge in [-0.25, -0.2) is 10.0 Å². The van der Waals surface area contributed by atoms with Crippen LogP contribution >= 0.6 is 0 Å². The second kappa shape index (κ2) is 7.52. The minimum atomic E-state index is -0.173. The molecule has 2 saturated carbocycles. The van der Waals surface area contributed by atoms with Gasteiger partial charge >= 0.3 is 0 Å². The fourth-order valence-electron chi connectivity index (χ4n) is 5.02. The summed E-state index contributed by atoms with van der Waals surface area (Å²) in [6.45, 7) is 9.79. The quantitative estimate of drug-likeness (QED) is 0.632. The molecular formula is C25H34N4O. The van der Waals surface area contributed by atoms with Crippen LogP contribution in [0.2, 0.25) is 0 Å². The fraction of sp³-hybridized carbons (Fsp3) is 0.600. The second-order valence-corrected chi connectivity index (χ2v) is 9.62. The van der Waals surface area contributed by atoms with E-state index in [1.54, 1.807) is 7.11 Å². The van der Waals surface area contributed by atoms with Crippen molar-refractivity contribution in [1.29, 1.82) is 0 Å². The number of fused-ring (bicyclic) bond motifs is 1. The lowest BCUT2D eigenvalue weighted by Crippen LogP contribution is -2.51. The Bertz CT molecular complexity index is 911. The van der Waals surface area contributed by atoms with Crippen LogP contribution in [0.4, 0.5) is 0 Å². The number of ether oxygens (including phenoxy) is 1. The number of hydrogen-bond acceptors (Lipinski definition) is 5. The summed E-state index contributed by atoms with van der Waals surface area (Å²) >= 11 is 0. The topological polar surface area (TPSA) is 40.4 Å². The molecule has 2 aliphatic carbocycles. The second-order valence-electron chi connectivity index (χ2n) is 9.62. The van der Waals surface area contributed by atoms with E-state index >= 15 is 0 Å². The molecule has 4 aliphatic rings. The molecule has 0 aromatic heterocycles. The highest BCUT2D eigenvalue weighted by Gasteiger charge is 2.47. The van der Waals surface area contributed by atoms with Crippen molar-refractivity contribution in [2.45, 2.75) is 58.5 Å². The number of benzene rings is 1. The lowest BCUT2D eigenvalue weighted by Gasteiger charge is -2.38. The summed E-state index contributed by atoms with van der Waals surface area (Å²) < 4.78 is 5.79. The van der Waals surface area contributed by atoms with E-state index in [0.717, 1.165) is 47.5 Å². The van der Waals surface area contributed by atoms with Gasteiger partial charge in [-0.2, -0.15) is 5.10 Å². The van der Waals surface area contributed by atoms with Gasteiger partial charge in [0.05, 0.1) is 13.7 Å². The predicted molar refractivity (Wildman–Crippen MR) is 123 cm³/mol. The summed E-state index contributed by atoms with van der Waals surface area (Å²) in [6.07, 6.45) is 10.6. The van der Waals surface area contributed by atoms with Crippen molar-refractivity contribution >= 4 is 17.6 Å². The third-order valence-corrected chi connectivity index (χ3v) is 7.09. The maximum Gasteiger partial charge on any atom is 0.154 e. The molecule has 2 heterocycles. The maximum absolute atomic E-state index is 5.79. The monoisotopic (exact) mass is 406 g/mol. The third-order valence-electron chi connectivity index (χ3n) is 7.09. The molecule has 1 unspecified atom stereocenters. The van der Waals surface area contributed by atoms with Crippen molar-refractivity contribution < 1.29 is 4.74 Å². The van der Waals surface area contributed by atoms with Gasteiger partial charge in [0.25, 0.3) is 0 Å². The van der Waals surface area contributed by atoms with Crippen LogP contribution in [0.5, 0.6) is 5.75 Å². The normalized spacial score (nSPS) is 25.4. The maximum atomic E-state index is 5.79. The molecule has 2 aliphatic heterocycles. The first kappa shape index (κ1) is 19.8. The van der Waals surface area contributed by atoms with E-state index in [1.807, 2.05) is 6.21 Å². The van der Waals surface area contributed by atoms with Gasteiger partial charge in [-0.1, -0.05) is 13.0 Å². The van der Waals surface area contributed by atoms with Crippen molar-refractivity contribution in [2.24, 2.45) is 21.9 Å². The average molecular weight is 407 g/mol. The Kier molecular flexibility index (Phi) is 4.97. The van der Waals surface area contributed by atoms with Crippen LogP contribution in [-0.4, -0.2) is 54.4 Å². The molecule has 0 amide bonds. The number of amidine groups is 1. The summed E-state index contributed by atoms with van der Waals surface area (Å²) in [5.41, 5.74) is 4.53. The molecule has 160 valence electrons. The molecule has 0 spiro atoms. The summed E-state index contributed by atoms with van der Waals surface area (Å²) in [6, 6.07) is 4.35. The highest BCUT2D eigenvalue weighted by molar-refractivity contribution is 6.27. The smallest absolute Gasteiger partial charge is 0.154 e. The molecule has 0 radical (unpaired) electrons. The Morgan fingerprint density at radius 2 is 1.83 bits per heavy atom. The van der Waals surface area contributed by atoms with Gasteiger partial charge in [0.2, 0.25) is 0 Å². The molecule has 0 saturated heterocycles. The fourth-order valence-corrected chi connectivity index (χ4v) is 5.02. The first-order valence-electron chi connectivity index (χ1n) is 11.6. The van der Waals surface area contributed by atoms with E-state index in [2.05, 4.69) is 48.9 Å². The molecule has 5 rings (SSSR count). The molecule has 5 nitrogen and oxygen atoms in total.